The Hall–Kier alpha value is -0.830. The van der Waals surface area contributed by atoms with Gasteiger partial charge in [0.2, 0.25) is 0 Å². The number of rotatable bonds is 2. The van der Waals surface area contributed by atoms with Crippen LogP contribution in [0.1, 0.15) is 71.6 Å². The highest BCUT2D eigenvalue weighted by Crippen LogP contribution is 2.66. The summed E-state index contributed by atoms with van der Waals surface area (Å²) in [5.74, 6) is 2.22. The van der Waals surface area contributed by atoms with Gasteiger partial charge in [-0.2, -0.15) is 0 Å². The van der Waals surface area contributed by atoms with Gasteiger partial charge in [-0.25, -0.2) is 0 Å². The van der Waals surface area contributed by atoms with Crippen LogP contribution in [-0.4, -0.2) is 22.3 Å². The van der Waals surface area contributed by atoms with Crippen LogP contribution in [0.25, 0.3) is 0 Å². The standard InChI is InChI=1S/C21H32O3/c1-20-9-7-13(12-19(23)24)11-14(20)3-4-15-16-5-6-18(22)21(16,2)10-8-17(15)20/h7,14-18,22H,3-6,8-12H2,1-2H3,(H,23,24)/t14-,15+,16+,17+,18-,20-,21-/m0/s1. The highest BCUT2D eigenvalue weighted by atomic mass is 16.4. The maximum atomic E-state index is 11.1. The molecule has 0 spiro atoms. The lowest BCUT2D eigenvalue weighted by Gasteiger charge is -2.59. The van der Waals surface area contributed by atoms with Gasteiger partial charge in [0.25, 0.3) is 0 Å². The summed E-state index contributed by atoms with van der Waals surface area (Å²) in [5, 5.41) is 19.6. The van der Waals surface area contributed by atoms with Crippen LogP contribution in [0.4, 0.5) is 0 Å². The summed E-state index contributed by atoms with van der Waals surface area (Å²) in [6.07, 6.45) is 11.6. The summed E-state index contributed by atoms with van der Waals surface area (Å²) in [7, 11) is 0. The van der Waals surface area contributed by atoms with Gasteiger partial charge in [-0.1, -0.05) is 25.5 Å². The molecule has 0 radical (unpaired) electrons. The zero-order valence-electron chi connectivity index (χ0n) is 15.1. The summed E-state index contributed by atoms with van der Waals surface area (Å²) in [6, 6.07) is 0. The Balaban J connectivity index is 1.58. The molecule has 4 aliphatic rings. The minimum atomic E-state index is -0.688. The average molecular weight is 332 g/mol. The van der Waals surface area contributed by atoms with Crippen LogP contribution in [0.2, 0.25) is 0 Å². The lowest BCUT2D eigenvalue weighted by molar-refractivity contribution is -0.136. The first kappa shape index (κ1) is 16.6. The minimum Gasteiger partial charge on any atom is -0.481 e. The molecular weight excluding hydrogens is 300 g/mol. The number of aliphatic carboxylic acids is 1. The van der Waals surface area contributed by atoms with Gasteiger partial charge < -0.3 is 10.2 Å². The molecule has 134 valence electrons. The lowest BCUT2D eigenvalue weighted by Crippen LogP contribution is -2.53. The molecule has 7 atom stereocenters. The molecule has 2 N–H and O–H groups in total. The Kier molecular flexibility index (Phi) is 3.87. The molecule has 3 heteroatoms. The summed E-state index contributed by atoms with van der Waals surface area (Å²) in [4.78, 5) is 11.1. The lowest BCUT2D eigenvalue weighted by atomic mass is 9.45. The van der Waals surface area contributed by atoms with E-state index >= 15 is 0 Å². The molecule has 3 nitrogen and oxygen atoms in total. The first-order valence-electron chi connectivity index (χ1n) is 9.92. The van der Waals surface area contributed by atoms with E-state index in [-0.39, 0.29) is 17.9 Å². The molecule has 4 aliphatic carbocycles. The predicted octanol–water partition coefficient (Wildman–Crippen LogP) is 4.40. The fourth-order valence-electron chi connectivity index (χ4n) is 7.26. The Bertz CT molecular complexity index is 567. The van der Waals surface area contributed by atoms with E-state index in [4.69, 9.17) is 5.11 Å². The van der Waals surface area contributed by atoms with Crippen LogP contribution in [0, 0.1) is 34.5 Å². The molecule has 0 saturated heterocycles. The maximum Gasteiger partial charge on any atom is 0.307 e. The highest BCUT2D eigenvalue weighted by molar-refractivity contribution is 5.70. The van der Waals surface area contributed by atoms with Crippen LogP contribution in [0.3, 0.4) is 0 Å². The maximum absolute atomic E-state index is 11.1. The van der Waals surface area contributed by atoms with Crippen molar-refractivity contribution in [1.82, 2.24) is 0 Å². The van der Waals surface area contributed by atoms with E-state index in [2.05, 4.69) is 19.9 Å². The van der Waals surface area contributed by atoms with E-state index < -0.39 is 5.97 Å². The zero-order chi connectivity index (χ0) is 17.1. The second-order valence-corrected chi connectivity index (χ2v) is 9.64. The van der Waals surface area contributed by atoms with Gasteiger partial charge in [-0.15, -0.1) is 0 Å². The van der Waals surface area contributed by atoms with E-state index in [1.807, 2.05) is 0 Å². The SMILES string of the molecule is C[C@]12CC=C(CC(=O)O)C[C@@H]1CC[C@H]1[C@H]2CC[C@@]2(C)[C@@H]1CC[C@@H]2O. The smallest absolute Gasteiger partial charge is 0.307 e. The topological polar surface area (TPSA) is 57.5 Å². The van der Waals surface area contributed by atoms with Crippen LogP contribution in [0.15, 0.2) is 11.6 Å². The van der Waals surface area contributed by atoms with Crippen LogP contribution in [0.5, 0.6) is 0 Å². The number of carboxylic acid groups (broad SMARTS) is 1. The number of carboxylic acids is 1. The first-order chi connectivity index (χ1) is 11.3. The van der Waals surface area contributed by atoms with Crippen molar-refractivity contribution in [2.45, 2.75) is 77.7 Å². The van der Waals surface area contributed by atoms with Crippen molar-refractivity contribution in [3.63, 3.8) is 0 Å². The van der Waals surface area contributed by atoms with Crippen molar-refractivity contribution >= 4 is 5.97 Å². The monoisotopic (exact) mass is 332 g/mol. The molecular formula is C21H32O3. The van der Waals surface area contributed by atoms with Crippen molar-refractivity contribution < 1.29 is 15.0 Å². The van der Waals surface area contributed by atoms with Gasteiger partial charge in [-0.05, 0) is 85.9 Å². The summed E-state index contributed by atoms with van der Waals surface area (Å²) >= 11 is 0. The molecule has 0 aromatic carbocycles. The molecule has 3 fully saturated rings. The second-order valence-electron chi connectivity index (χ2n) is 9.64. The number of aliphatic hydroxyl groups excluding tert-OH is 1. The Morgan fingerprint density at radius 1 is 1.12 bits per heavy atom. The fourth-order valence-corrected chi connectivity index (χ4v) is 7.26. The Labute approximate surface area is 145 Å². The minimum absolute atomic E-state index is 0.0950. The van der Waals surface area contributed by atoms with Gasteiger partial charge in [0.15, 0.2) is 0 Å². The molecule has 3 saturated carbocycles. The van der Waals surface area contributed by atoms with E-state index in [0.717, 1.165) is 36.7 Å². The zero-order valence-corrected chi connectivity index (χ0v) is 15.1. The van der Waals surface area contributed by atoms with E-state index in [1.54, 1.807) is 0 Å². The number of fused-ring (bicyclic) bond motifs is 5. The molecule has 0 amide bonds. The quantitative estimate of drug-likeness (QED) is 0.737. The molecule has 0 heterocycles. The van der Waals surface area contributed by atoms with Gasteiger partial charge in [0.1, 0.15) is 0 Å². The first-order valence-corrected chi connectivity index (χ1v) is 9.92. The molecule has 0 bridgehead atoms. The second kappa shape index (κ2) is 5.59. The summed E-state index contributed by atoms with van der Waals surface area (Å²) in [5.41, 5.74) is 1.66. The van der Waals surface area contributed by atoms with Gasteiger partial charge in [0, 0.05) is 0 Å². The molecule has 0 aliphatic heterocycles. The molecule has 0 aromatic rings. The van der Waals surface area contributed by atoms with E-state index in [0.29, 0.717) is 17.3 Å². The van der Waals surface area contributed by atoms with Crippen molar-refractivity contribution in [1.29, 1.82) is 0 Å². The van der Waals surface area contributed by atoms with Gasteiger partial charge >= 0.3 is 5.97 Å². The van der Waals surface area contributed by atoms with E-state index in [1.165, 1.54) is 32.1 Å². The fraction of sp³-hybridized carbons (Fsp3) is 0.857. The Morgan fingerprint density at radius 3 is 2.62 bits per heavy atom. The number of hydrogen-bond acceptors (Lipinski definition) is 2. The van der Waals surface area contributed by atoms with Crippen molar-refractivity contribution in [2.75, 3.05) is 0 Å². The van der Waals surface area contributed by atoms with Crippen molar-refractivity contribution in [2.24, 2.45) is 34.5 Å². The normalized spacial score (nSPS) is 50.5. The van der Waals surface area contributed by atoms with Gasteiger partial charge in [-0.3, -0.25) is 4.79 Å². The summed E-state index contributed by atoms with van der Waals surface area (Å²) in [6.45, 7) is 4.82. The van der Waals surface area contributed by atoms with Crippen LogP contribution >= 0.6 is 0 Å². The van der Waals surface area contributed by atoms with E-state index in [9.17, 15) is 9.90 Å². The van der Waals surface area contributed by atoms with Crippen LogP contribution < -0.4 is 0 Å². The molecule has 4 rings (SSSR count). The largest absolute Gasteiger partial charge is 0.481 e. The third kappa shape index (κ3) is 2.30. The Morgan fingerprint density at radius 2 is 1.88 bits per heavy atom. The summed E-state index contributed by atoms with van der Waals surface area (Å²) < 4.78 is 0. The molecule has 24 heavy (non-hydrogen) atoms. The third-order valence-corrected chi connectivity index (χ3v) is 8.73. The van der Waals surface area contributed by atoms with Crippen LogP contribution in [-0.2, 0) is 4.79 Å². The highest BCUT2D eigenvalue weighted by Gasteiger charge is 2.59. The number of hydrogen-bond donors (Lipinski definition) is 2. The van der Waals surface area contributed by atoms with Crippen molar-refractivity contribution in [3.8, 4) is 0 Å². The predicted molar refractivity (Wildman–Crippen MR) is 93.5 cm³/mol. The number of carbonyl (C=O) groups is 1. The molecule has 0 aromatic heterocycles. The van der Waals surface area contributed by atoms with Gasteiger partial charge in [0.05, 0.1) is 12.5 Å². The average Bonchev–Trinajstić information content (AvgIpc) is 2.83. The number of aliphatic hydroxyl groups is 1. The van der Waals surface area contributed by atoms with Crippen molar-refractivity contribution in [3.05, 3.63) is 11.6 Å². The molecule has 0 unspecified atom stereocenters. The third-order valence-electron chi connectivity index (χ3n) is 8.73. The number of allylic oxidation sites excluding steroid dienone is 1.